The van der Waals surface area contributed by atoms with E-state index in [1.165, 1.54) is 11.3 Å². The number of amides is 1. The summed E-state index contributed by atoms with van der Waals surface area (Å²) in [6.45, 7) is 5.60. The third-order valence-corrected chi connectivity index (χ3v) is 4.29. The minimum Gasteiger partial charge on any atom is -0.494 e. The number of aromatic nitrogens is 1. The van der Waals surface area contributed by atoms with Gasteiger partial charge in [-0.1, -0.05) is 0 Å². The van der Waals surface area contributed by atoms with Gasteiger partial charge < -0.3 is 15.8 Å². The fraction of sp³-hybridized carbons (Fsp3) is 0.375. The highest BCUT2D eigenvalue weighted by molar-refractivity contribution is 7.17. The topological polar surface area (TPSA) is 77.2 Å². The lowest BCUT2D eigenvalue weighted by Gasteiger charge is -2.03. The lowest BCUT2D eigenvalue weighted by atomic mass is 10.2. The standard InChI is InChI=1S/C16H21N3O2S/c1-3-21-13-7-5-12(6-8-13)16-19-11(2)14(22-16)15(20)18-10-4-9-17/h5-8H,3-4,9-10,17H2,1-2H3,(H,18,20). The van der Waals surface area contributed by atoms with E-state index in [0.717, 1.165) is 28.4 Å². The molecule has 118 valence electrons. The maximum Gasteiger partial charge on any atom is 0.263 e. The maximum atomic E-state index is 12.1. The van der Waals surface area contributed by atoms with Crippen LogP contribution >= 0.6 is 11.3 Å². The largest absolute Gasteiger partial charge is 0.494 e. The number of thiazole rings is 1. The molecule has 1 amide bonds. The molecule has 0 aliphatic carbocycles. The van der Waals surface area contributed by atoms with Crippen LogP contribution in [0.15, 0.2) is 24.3 Å². The molecule has 6 heteroatoms. The van der Waals surface area contributed by atoms with Crippen LogP contribution in [0.5, 0.6) is 5.75 Å². The molecule has 0 saturated heterocycles. The molecule has 0 saturated carbocycles. The number of nitrogens with one attached hydrogen (secondary N) is 1. The first-order valence-corrected chi connectivity index (χ1v) is 8.16. The van der Waals surface area contributed by atoms with Gasteiger partial charge in [0.15, 0.2) is 0 Å². The van der Waals surface area contributed by atoms with Crippen LogP contribution in [0.25, 0.3) is 10.6 Å². The van der Waals surface area contributed by atoms with E-state index in [2.05, 4.69) is 10.3 Å². The molecule has 0 aliphatic heterocycles. The number of aryl methyl sites for hydroxylation is 1. The fourth-order valence-electron chi connectivity index (χ4n) is 1.98. The number of carbonyl (C=O) groups is 1. The highest BCUT2D eigenvalue weighted by Crippen LogP contribution is 2.29. The summed E-state index contributed by atoms with van der Waals surface area (Å²) >= 11 is 1.40. The summed E-state index contributed by atoms with van der Waals surface area (Å²) in [6.07, 6.45) is 0.773. The van der Waals surface area contributed by atoms with Gasteiger partial charge in [-0.3, -0.25) is 4.79 Å². The molecule has 5 nitrogen and oxygen atoms in total. The first kappa shape index (κ1) is 16.5. The van der Waals surface area contributed by atoms with Crippen molar-refractivity contribution in [1.29, 1.82) is 0 Å². The molecule has 0 bridgehead atoms. The predicted molar refractivity (Wildman–Crippen MR) is 89.5 cm³/mol. The number of benzene rings is 1. The van der Waals surface area contributed by atoms with Crippen LogP contribution < -0.4 is 15.8 Å². The third kappa shape index (κ3) is 4.05. The minimum atomic E-state index is -0.0827. The van der Waals surface area contributed by atoms with Crippen molar-refractivity contribution in [3.8, 4) is 16.3 Å². The Bertz CT molecular complexity index is 623. The molecule has 0 atom stereocenters. The summed E-state index contributed by atoms with van der Waals surface area (Å²) < 4.78 is 5.43. The summed E-state index contributed by atoms with van der Waals surface area (Å²) in [5, 5.41) is 3.70. The molecule has 2 aromatic rings. The molecule has 1 aromatic heterocycles. The highest BCUT2D eigenvalue weighted by atomic mass is 32.1. The van der Waals surface area contributed by atoms with Crippen molar-refractivity contribution < 1.29 is 9.53 Å². The fourth-order valence-corrected chi connectivity index (χ4v) is 2.96. The average Bonchev–Trinajstić information content (AvgIpc) is 2.90. The number of carbonyl (C=O) groups excluding carboxylic acids is 1. The Morgan fingerprint density at radius 1 is 1.36 bits per heavy atom. The SMILES string of the molecule is CCOc1ccc(-c2nc(C)c(C(=O)NCCCN)s2)cc1. The first-order chi connectivity index (χ1) is 10.7. The maximum absolute atomic E-state index is 12.1. The van der Waals surface area contributed by atoms with Crippen molar-refractivity contribution >= 4 is 17.2 Å². The van der Waals surface area contributed by atoms with Crippen molar-refractivity contribution in [3.05, 3.63) is 34.8 Å². The van der Waals surface area contributed by atoms with E-state index in [-0.39, 0.29) is 5.91 Å². The minimum absolute atomic E-state index is 0.0827. The second kappa shape index (κ2) is 7.91. The molecular weight excluding hydrogens is 298 g/mol. The van der Waals surface area contributed by atoms with E-state index in [0.29, 0.717) is 24.6 Å². The molecule has 1 aromatic carbocycles. The summed E-state index contributed by atoms with van der Waals surface area (Å²) in [6, 6.07) is 7.74. The first-order valence-electron chi connectivity index (χ1n) is 7.34. The highest BCUT2D eigenvalue weighted by Gasteiger charge is 2.15. The molecule has 0 unspecified atom stereocenters. The van der Waals surface area contributed by atoms with Crippen LogP contribution in [-0.4, -0.2) is 30.6 Å². The van der Waals surface area contributed by atoms with Gasteiger partial charge >= 0.3 is 0 Å². The van der Waals surface area contributed by atoms with E-state index in [1.807, 2.05) is 38.1 Å². The van der Waals surface area contributed by atoms with Crippen molar-refractivity contribution in [2.45, 2.75) is 20.3 Å². The van der Waals surface area contributed by atoms with Gasteiger partial charge in [-0.25, -0.2) is 4.98 Å². The van der Waals surface area contributed by atoms with E-state index in [9.17, 15) is 4.79 Å². The predicted octanol–water partition coefficient (Wildman–Crippen LogP) is 2.60. The molecule has 0 radical (unpaired) electrons. The number of nitrogens with two attached hydrogens (primary N) is 1. The Hall–Kier alpha value is -1.92. The summed E-state index contributed by atoms with van der Waals surface area (Å²) in [5.74, 6) is 0.750. The van der Waals surface area contributed by atoms with Gasteiger partial charge in [0.25, 0.3) is 5.91 Å². The van der Waals surface area contributed by atoms with E-state index >= 15 is 0 Å². The van der Waals surface area contributed by atoms with E-state index < -0.39 is 0 Å². The Kier molecular flexibility index (Phi) is 5.91. The van der Waals surface area contributed by atoms with Gasteiger partial charge in [-0.15, -0.1) is 11.3 Å². The quantitative estimate of drug-likeness (QED) is 0.769. The Balaban J connectivity index is 2.13. The lowest BCUT2D eigenvalue weighted by Crippen LogP contribution is -2.25. The lowest BCUT2D eigenvalue weighted by molar-refractivity contribution is 0.0956. The normalized spacial score (nSPS) is 10.5. The molecule has 3 N–H and O–H groups in total. The smallest absolute Gasteiger partial charge is 0.263 e. The van der Waals surface area contributed by atoms with Crippen molar-refractivity contribution in [3.63, 3.8) is 0 Å². The Labute approximate surface area is 134 Å². The summed E-state index contributed by atoms with van der Waals surface area (Å²) in [5.41, 5.74) is 7.16. The van der Waals surface area contributed by atoms with E-state index in [4.69, 9.17) is 10.5 Å². The van der Waals surface area contributed by atoms with Gasteiger partial charge in [0, 0.05) is 12.1 Å². The summed E-state index contributed by atoms with van der Waals surface area (Å²) in [7, 11) is 0. The van der Waals surface area contributed by atoms with Crippen LogP contribution in [0.4, 0.5) is 0 Å². The van der Waals surface area contributed by atoms with Crippen LogP contribution in [0.2, 0.25) is 0 Å². The summed E-state index contributed by atoms with van der Waals surface area (Å²) in [4.78, 5) is 17.3. The average molecular weight is 319 g/mol. The Morgan fingerprint density at radius 2 is 2.09 bits per heavy atom. The van der Waals surface area contributed by atoms with Gasteiger partial charge in [0.2, 0.25) is 0 Å². The second-order valence-electron chi connectivity index (χ2n) is 4.79. The van der Waals surface area contributed by atoms with Gasteiger partial charge in [0.1, 0.15) is 15.6 Å². The molecule has 0 aliphatic rings. The molecule has 2 rings (SSSR count). The van der Waals surface area contributed by atoms with Crippen LogP contribution in [0.3, 0.4) is 0 Å². The van der Waals surface area contributed by atoms with Crippen LogP contribution in [-0.2, 0) is 0 Å². The number of nitrogens with zero attached hydrogens (tertiary/aromatic N) is 1. The molecule has 0 spiro atoms. The van der Waals surface area contributed by atoms with Gasteiger partial charge in [0.05, 0.1) is 12.3 Å². The zero-order valence-corrected chi connectivity index (χ0v) is 13.7. The number of ether oxygens (including phenoxy) is 1. The Morgan fingerprint density at radius 3 is 2.73 bits per heavy atom. The number of hydrogen-bond acceptors (Lipinski definition) is 5. The second-order valence-corrected chi connectivity index (χ2v) is 5.79. The molecule has 0 fully saturated rings. The van der Waals surface area contributed by atoms with Crippen LogP contribution in [0.1, 0.15) is 28.7 Å². The van der Waals surface area contributed by atoms with E-state index in [1.54, 1.807) is 0 Å². The van der Waals surface area contributed by atoms with Crippen molar-refractivity contribution in [2.75, 3.05) is 19.7 Å². The van der Waals surface area contributed by atoms with Crippen LogP contribution in [0, 0.1) is 6.92 Å². The van der Waals surface area contributed by atoms with Gasteiger partial charge in [-0.2, -0.15) is 0 Å². The monoisotopic (exact) mass is 319 g/mol. The van der Waals surface area contributed by atoms with Crippen molar-refractivity contribution in [2.24, 2.45) is 5.73 Å². The third-order valence-electron chi connectivity index (χ3n) is 3.08. The molecule has 1 heterocycles. The van der Waals surface area contributed by atoms with Crippen molar-refractivity contribution in [1.82, 2.24) is 10.3 Å². The zero-order chi connectivity index (χ0) is 15.9. The number of hydrogen-bond donors (Lipinski definition) is 2. The molecular formula is C16H21N3O2S. The zero-order valence-electron chi connectivity index (χ0n) is 12.9. The number of rotatable bonds is 7. The molecule has 22 heavy (non-hydrogen) atoms. The van der Waals surface area contributed by atoms with Gasteiger partial charge in [-0.05, 0) is 51.1 Å².